The Kier molecular flexibility index (Phi) is 11.0. The molecule has 4 aromatic rings. The lowest BCUT2D eigenvalue weighted by atomic mass is 9.83. The van der Waals surface area contributed by atoms with Gasteiger partial charge in [-0.25, -0.2) is 22.4 Å². The van der Waals surface area contributed by atoms with Gasteiger partial charge in [0.05, 0.1) is 29.9 Å². The largest absolute Gasteiger partial charge is 0.351 e. The summed E-state index contributed by atoms with van der Waals surface area (Å²) >= 11 is 13.1. The summed E-state index contributed by atoms with van der Waals surface area (Å²) in [4.78, 5) is 24.0. The minimum absolute atomic E-state index is 0.133. The number of piperidine rings is 1. The van der Waals surface area contributed by atoms with E-state index >= 15 is 0 Å². The molecular weight excluding hydrogens is 703 g/mol. The first kappa shape index (κ1) is 36.0. The number of sulfonamides is 1. The van der Waals surface area contributed by atoms with Crippen LogP contribution in [-0.2, 0) is 26.0 Å². The van der Waals surface area contributed by atoms with E-state index in [-0.39, 0.29) is 17.7 Å². The Morgan fingerprint density at radius 2 is 1.90 bits per heavy atom. The Morgan fingerprint density at radius 3 is 2.56 bits per heavy atom. The first-order valence-electron chi connectivity index (χ1n) is 16.4. The molecule has 2 aliphatic rings. The fraction of sp³-hybridized carbons (Fsp3) is 0.412. The van der Waals surface area contributed by atoms with E-state index in [1.165, 1.54) is 17.7 Å². The summed E-state index contributed by atoms with van der Waals surface area (Å²) in [5.74, 6) is 0.738. The number of aliphatic hydroxyl groups is 1. The van der Waals surface area contributed by atoms with E-state index in [1.807, 2.05) is 36.2 Å². The number of hydrogen-bond acceptors (Lipinski definition) is 9. The molecule has 0 bridgehead atoms. The number of aryl methyl sites for hydroxylation is 1. The molecule has 13 nitrogen and oxygen atoms in total. The van der Waals surface area contributed by atoms with Gasteiger partial charge in [-0.1, -0.05) is 47.5 Å². The number of halogens is 2. The van der Waals surface area contributed by atoms with Crippen molar-refractivity contribution < 1.29 is 23.1 Å². The quantitative estimate of drug-likeness (QED) is 0.140. The molecule has 50 heavy (non-hydrogen) atoms. The number of imidazole rings is 1. The number of carbonyl (C=O) groups excluding carboxylic acids is 1. The van der Waals surface area contributed by atoms with Gasteiger partial charge in [-0.05, 0) is 73.9 Å². The van der Waals surface area contributed by atoms with Gasteiger partial charge in [0.1, 0.15) is 16.7 Å². The maximum absolute atomic E-state index is 14.1. The lowest BCUT2D eigenvalue weighted by molar-refractivity contribution is -0.127. The number of nitrogens with one attached hydrogen (secondary N) is 2. The number of ether oxygens (including phenoxy) is 1. The summed E-state index contributed by atoms with van der Waals surface area (Å²) in [7, 11) is -1.87. The molecule has 0 spiro atoms. The summed E-state index contributed by atoms with van der Waals surface area (Å²) < 4.78 is 32.4. The van der Waals surface area contributed by atoms with E-state index in [4.69, 9.17) is 32.9 Å². The van der Waals surface area contributed by atoms with Crippen LogP contribution >= 0.6 is 23.2 Å². The maximum Gasteiger partial charge on any atom is 0.247 e. The number of nitrogens with zero attached hydrogens (tertiary/aromatic N) is 6. The number of rotatable bonds is 11. The minimum atomic E-state index is -3.26. The number of amides is 1. The van der Waals surface area contributed by atoms with Gasteiger partial charge in [0.2, 0.25) is 22.3 Å². The summed E-state index contributed by atoms with van der Waals surface area (Å²) in [6.07, 6.45) is 8.05. The van der Waals surface area contributed by atoms with Crippen molar-refractivity contribution >= 4 is 50.9 Å². The van der Waals surface area contributed by atoms with Gasteiger partial charge in [-0.3, -0.25) is 4.79 Å². The Hall–Kier alpha value is -3.79. The molecule has 1 amide bonds. The molecule has 2 aromatic heterocycles. The van der Waals surface area contributed by atoms with Crippen molar-refractivity contribution in [3.63, 3.8) is 0 Å². The van der Waals surface area contributed by atoms with Crippen LogP contribution in [0.4, 0.5) is 5.69 Å². The maximum atomic E-state index is 14.1. The van der Waals surface area contributed by atoms with Crippen LogP contribution in [0.1, 0.15) is 49.3 Å². The first-order valence-corrected chi connectivity index (χ1v) is 19.0. The third-order valence-electron chi connectivity index (χ3n) is 9.46. The molecule has 0 saturated carbocycles. The molecule has 16 heteroatoms. The van der Waals surface area contributed by atoms with Crippen molar-refractivity contribution in [3.05, 3.63) is 82.0 Å². The highest BCUT2D eigenvalue weighted by molar-refractivity contribution is 7.88. The fourth-order valence-electron chi connectivity index (χ4n) is 6.74. The molecule has 3 unspecified atom stereocenters. The average Bonchev–Trinajstić information content (AvgIpc) is 3.86. The normalized spacial score (nSPS) is 19.8. The SMILES string of the molecule is CCc1cn(-c2ccc(Cl)cc2C=CC(=O)N2CC(C3CCN(S(C)(=O)=O)CC3)CC2c2nc(-c3ccc(NC(O)OC)cc3)c(Cl)[nH]2)nn1. The van der Waals surface area contributed by atoms with Gasteiger partial charge < -0.3 is 25.0 Å². The van der Waals surface area contributed by atoms with Crippen LogP contribution in [0, 0.1) is 11.8 Å². The molecule has 2 saturated heterocycles. The number of hydrogen-bond donors (Lipinski definition) is 3. The minimum Gasteiger partial charge on any atom is -0.351 e. The Bertz CT molecular complexity index is 1960. The molecule has 0 radical (unpaired) electrons. The smallest absolute Gasteiger partial charge is 0.247 e. The van der Waals surface area contributed by atoms with Crippen molar-refractivity contribution in [1.29, 1.82) is 0 Å². The molecule has 3 N–H and O–H groups in total. The fourth-order valence-corrected chi connectivity index (χ4v) is 8.04. The van der Waals surface area contributed by atoms with Crippen molar-refractivity contribution in [1.82, 2.24) is 34.2 Å². The van der Waals surface area contributed by atoms with Crippen molar-refractivity contribution in [2.45, 2.75) is 45.1 Å². The van der Waals surface area contributed by atoms with Crippen LogP contribution in [0.5, 0.6) is 0 Å². The van der Waals surface area contributed by atoms with Crippen LogP contribution in [0.2, 0.25) is 10.2 Å². The number of carbonyl (C=O) groups is 1. The molecule has 2 aliphatic heterocycles. The van der Waals surface area contributed by atoms with E-state index in [2.05, 4.69) is 20.6 Å². The van der Waals surface area contributed by atoms with Gasteiger partial charge in [-0.2, -0.15) is 0 Å². The van der Waals surface area contributed by atoms with Crippen LogP contribution < -0.4 is 5.32 Å². The number of aromatic amines is 1. The standard InChI is InChI=1S/C34H40Cl2N8O5S/c1-4-26-20-44(41-40-26)28-11-8-25(35)17-23(28)7-12-30(45)43-19-24(21-13-15-42(16-14-21)50(3,47)48)18-29(43)33-38-31(32(36)39-33)22-5-9-27(10-6-22)37-34(46)49-2/h5-12,17,20-21,24,29,34,37,46H,4,13-16,18-19H2,1-3H3,(H,38,39). The molecule has 6 rings (SSSR count). The van der Waals surface area contributed by atoms with Crippen LogP contribution in [0.25, 0.3) is 23.0 Å². The predicted octanol–water partition coefficient (Wildman–Crippen LogP) is 5.14. The highest BCUT2D eigenvalue weighted by Gasteiger charge is 2.42. The number of likely N-dealkylation sites (tertiary alicyclic amines) is 1. The van der Waals surface area contributed by atoms with Crippen molar-refractivity contribution in [3.8, 4) is 16.9 Å². The molecule has 4 heterocycles. The average molecular weight is 744 g/mol. The second kappa shape index (κ2) is 15.2. The third-order valence-corrected chi connectivity index (χ3v) is 11.3. The van der Waals surface area contributed by atoms with Crippen molar-refractivity contribution in [2.24, 2.45) is 11.8 Å². The predicted molar refractivity (Wildman–Crippen MR) is 192 cm³/mol. The zero-order chi connectivity index (χ0) is 35.6. The number of aromatic nitrogens is 5. The van der Waals surface area contributed by atoms with Gasteiger partial charge in [-0.15, -0.1) is 5.10 Å². The highest BCUT2D eigenvalue weighted by Crippen LogP contribution is 2.42. The number of benzene rings is 2. The topological polar surface area (TPSA) is 159 Å². The van der Waals surface area contributed by atoms with Crippen LogP contribution in [0.3, 0.4) is 0 Å². The summed E-state index contributed by atoms with van der Waals surface area (Å²) in [6, 6.07) is 12.2. The Morgan fingerprint density at radius 1 is 1.16 bits per heavy atom. The van der Waals surface area contributed by atoms with Gasteiger partial charge in [0.15, 0.2) is 0 Å². The van der Waals surface area contributed by atoms with Crippen molar-refractivity contribution in [2.75, 3.05) is 38.3 Å². The molecule has 3 atom stereocenters. The highest BCUT2D eigenvalue weighted by atomic mass is 35.5. The van der Waals surface area contributed by atoms with Gasteiger partial charge in [0, 0.05) is 54.7 Å². The van der Waals surface area contributed by atoms with E-state index in [9.17, 15) is 18.3 Å². The zero-order valence-corrected chi connectivity index (χ0v) is 30.3. The monoisotopic (exact) mass is 742 g/mol. The molecule has 266 valence electrons. The number of H-pyrrole nitrogens is 1. The number of anilines is 1. The second-order valence-corrected chi connectivity index (χ2v) is 15.4. The lowest BCUT2D eigenvalue weighted by Gasteiger charge is -2.33. The zero-order valence-electron chi connectivity index (χ0n) is 28.0. The van der Waals surface area contributed by atoms with Gasteiger partial charge >= 0.3 is 0 Å². The Labute approximate surface area is 301 Å². The first-order chi connectivity index (χ1) is 23.9. The van der Waals surface area contributed by atoms with E-state index < -0.39 is 22.5 Å². The molecule has 2 aromatic carbocycles. The second-order valence-electron chi connectivity index (χ2n) is 12.6. The van der Waals surface area contributed by atoms with Crippen LogP contribution in [-0.4, -0.2) is 93.0 Å². The molecular formula is C34H40Cl2N8O5S. The van der Waals surface area contributed by atoms with Gasteiger partial charge in [0.25, 0.3) is 0 Å². The Balaban J connectivity index is 1.28. The summed E-state index contributed by atoms with van der Waals surface area (Å²) in [5, 5.41) is 21.9. The molecule has 0 aliphatic carbocycles. The van der Waals surface area contributed by atoms with Crippen LogP contribution in [0.15, 0.2) is 54.7 Å². The summed E-state index contributed by atoms with van der Waals surface area (Å²) in [6.45, 7) is 3.41. The van der Waals surface area contributed by atoms with E-state index in [0.717, 1.165) is 23.4 Å². The molecule has 2 fully saturated rings. The summed E-state index contributed by atoms with van der Waals surface area (Å²) in [5.41, 5.74) is 4.22. The third kappa shape index (κ3) is 8.06. The lowest BCUT2D eigenvalue weighted by Crippen LogP contribution is -2.40. The van der Waals surface area contributed by atoms with E-state index in [1.54, 1.807) is 41.1 Å². The number of aliphatic hydroxyl groups excluding tert-OH is 1. The van der Waals surface area contributed by atoms with E-state index in [0.29, 0.717) is 71.8 Å². The number of methoxy groups -OCH3 is 1.